The summed E-state index contributed by atoms with van der Waals surface area (Å²) in [7, 11) is 1.57. The highest BCUT2D eigenvalue weighted by atomic mass is 35.5. The molecule has 2 rings (SSSR count). The van der Waals surface area contributed by atoms with Gasteiger partial charge in [0.25, 0.3) is 0 Å². The third-order valence-electron chi connectivity index (χ3n) is 2.82. The van der Waals surface area contributed by atoms with E-state index in [0.29, 0.717) is 28.0 Å². The predicted molar refractivity (Wildman–Crippen MR) is 78.3 cm³/mol. The van der Waals surface area contributed by atoms with E-state index in [4.69, 9.17) is 32.7 Å². The third-order valence-corrected chi connectivity index (χ3v) is 3.34. The van der Waals surface area contributed by atoms with Gasteiger partial charge < -0.3 is 9.47 Å². The van der Waals surface area contributed by atoms with E-state index in [1.54, 1.807) is 31.4 Å². The highest BCUT2D eigenvalue weighted by molar-refractivity contribution is 6.30. The van der Waals surface area contributed by atoms with Gasteiger partial charge in [-0.2, -0.15) is 0 Å². The van der Waals surface area contributed by atoms with E-state index in [1.165, 1.54) is 6.07 Å². The van der Waals surface area contributed by atoms with Crippen LogP contribution in [0.3, 0.4) is 0 Å². The Morgan fingerprint density at radius 1 is 1.10 bits per heavy atom. The lowest BCUT2D eigenvalue weighted by Gasteiger charge is -2.12. The molecule has 0 aromatic heterocycles. The number of hydrogen-bond acceptors (Lipinski definition) is 2. The standard InChI is InChI=1S/C15H13Cl2FO2/c1-19-13-5-3-10(8-16)15(7-13)20-9-11-2-4-12(17)6-14(11)18/h2-7H,8-9H2,1H3. The molecule has 0 saturated heterocycles. The van der Waals surface area contributed by atoms with Crippen molar-refractivity contribution in [3.8, 4) is 11.5 Å². The van der Waals surface area contributed by atoms with Crippen LogP contribution in [-0.2, 0) is 12.5 Å². The van der Waals surface area contributed by atoms with Crippen LogP contribution < -0.4 is 9.47 Å². The van der Waals surface area contributed by atoms with Gasteiger partial charge in [-0.05, 0) is 18.2 Å². The second kappa shape index (κ2) is 6.82. The molecule has 0 saturated carbocycles. The number of benzene rings is 2. The van der Waals surface area contributed by atoms with Crippen LogP contribution in [0.25, 0.3) is 0 Å². The average Bonchev–Trinajstić information content (AvgIpc) is 2.46. The van der Waals surface area contributed by atoms with Crippen LogP contribution in [0.15, 0.2) is 36.4 Å². The first-order valence-electron chi connectivity index (χ1n) is 5.93. The van der Waals surface area contributed by atoms with Crippen LogP contribution in [0, 0.1) is 5.82 Å². The summed E-state index contributed by atoms with van der Waals surface area (Å²) in [5.74, 6) is 1.15. The summed E-state index contributed by atoms with van der Waals surface area (Å²) in [5, 5.41) is 0.356. The highest BCUT2D eigenvalue weighted by Gasteiger charge is 2.08. The Kier molecular flexibility index (Phi) is 5.10. The Balaban J connectivity index is 2.17. The Labute approximate surface area is 127 Å². The Morgan fingerprint density at radius 2 is 1.85 bits per heavy atom. The summed E-state index contributed by atoms with van der Waals surface area (Å²) in [6.45, 7) is 0.0973. The summed E-state index contributed by atoms with van der Waals surface area (Å²) >= 11 is 11.6. The van der Waals surface area contributed by atoms with E-state index < -0.39 is 5.82 Å². The lowest BCUT2D eigenvalue weighted by molar-refractivity contribution is 0.295. The number of ether oxygens (including phenoxy) is 2. The molecule has 5 heteroatoms. The molecule has 0 aliphatic rings. The van der Waals surface area contributed by atoms with Crippen LogP contribution in [-0.4, -0.2) is 7.11 Å². The van der Waals surface area contributed by atoms with Gasteiger partial charge in [0.05, 0.1) is 13.0 Å². The minimum atomic E-state index is -0.396. The zero-order chi connectivity index (χ0) is 14.5. The largest absolute Gasteiger partial charge is 0.497 e. The summed E-state index contributed by atoms with van der Waals surface area (Å²) in [6, 6.07) is 9.82. The molecule has 0 unspecified atom stereocenters. The molecule has 0 aliphatic carbocycles. The molecule has 0 fully saturated rings. The van der Waals surface area contributed by atoms with E-state index in [2.05, 4.69) is 0 Å². The Hall–Kier alpha value is -1.45. The maximum Gasteiger partial charge on any atom is 0.131 e. The number of alkyl halides is 1. The monoisotopic (exact) mass is 314 g/mol. The van der Waals surface area contributed by atoms with Gasteiger partial charge in [0.1, 0.15) is 23.9 Å². The van der Waals surface area contributed by atoms with Gasteiger partial charge >= 0.3 is 0 Å². The second-order valence-corrected chi connectivity index (χ2v) is 4.84. The lowest BCUT2D eigenvalue weighted by Crippen LogP contribution is -2.00. The van der Waals surface area contributed by atoms with Crippen molar-refractivity contribution in [3.63, 3.8) is 0 Å². The predicted octanol–water partition coefficient (Wildman–Crippen LogP) is 4.81. The van der Waals surface area contributed by atoms with Crippen molar-refractivity contribution in [1.82, 2.24) is 0 Å². The Morgan fingerprint density at radius 3 is 2.50 bits per heavy atom. The number of halogens is 3. The fourth-order valence-electron chi connectivity index (χ4n) is 1.70. The minimum Gasteiger partial charge on any atom is -0.497 e. The van der Waals surface area contributed by atoms with Crippen LogP contribution in [0.1, 0.15) is 11.1 Å². The van der Waals surface area contributed by atoms with Gasteiger partial charge in [-0.3, -0.25) is 0 Å². The molecule has 2 aromatic rings. The molecule has 0 spiro atoms. The molecule has 0 aliphatic heterocycles. The molecule has 2 aromatic carbocycles. The second-order valence-electron chi connectivity index (χ2n) is 4.13. The molecule has 0 amide bonds. The van der Waals surface area contributed by atoms with Crippen LogP contribution >= 0.6 is 23.2 Å². The molecule has 0 atom stereocenters. The third kappa shape index (κ3) is 3.56. The van der Waals surface area contributed by atoms with Crippen molar-refractivity contribution in [2.24, 2.45) is 0 Å². The van der Waals surface area contributed by atoms with Gasteiger partial charge in [-0.1, -0.05) is 23.7 Å². The van der Waals surface area contributed by atoms with E-state index in [-0.39, 0.29) is 6.61 Å². The summed E-state index contributed by atoms with van der Waals surface area (Å²) in [6.07, 6.45) is 0. The summed E-state index contributed by atoms with van der Waals surface area (Å²) in [5.41, 5.74) is 1.25. The molecule has 106 valence electrons. The van der Waals surface area contributed by atoms with Gasteiger partial charge in [-0.15, -0.1) is 11.6 Å². The van der Waals surface area contributed by atoms with E-state index in [9.17, 15) is 4.39 Å². The van der Waals surface area contributed by atoms with Crippen molar-refractivity contribution in [1.29, 1.82) is 0 Å². The topological polar surface area (TPSA) is 18.5 Å². The molecular formula is C15H13Cl2FO2. The maximum absolute atomic E-state index is 13.7. The number of methoxy groups -OCH3 is 1. The van der Waals surface area contributed by atoms with Crippen molar-refractivity contribution in [2.45, 2.75) is 12.5 Å². The van der Waals surface area contributed by atoms with Gasteiger partial charge in [0, 0.05) is 22.2 Å². The quantitative estimate of drug-likeness (QED) is 0.738. The SMILES string of the molecule is COc1ccc(CCl)c(OCc2ccc(Cl)cc2F)c1. The maximum atomic E-state index is 13.7. The van der Waals surface area contributed by atoms with Gasteiger partial charge in [-0.25, -0.2) is 4.39 Å². The zero-order valence-electron chi connectivity index (χ0n) is 10.8. The van der Waals surface area contributed by atoms with Crippen molar-refractivity contribution in [2.75, 3.05) is 7.11 Å². The Bertz CT molecular complexity index is 602. The van der Waals surface area contributed by atoms with E-state index in [1.807, 2.05) is 6.07 Å². The fourth-order valence-corrected chi connectivity index (χ4v) is 2.08. The van der Waals surface area contributed by atoms with Crippen molar-refractivity contribution >= 4 is 23.2 Å². The van der Waals surface area contributed by atoms with Gasteiger partial charge in [0.2, 0.25) is 0 Å². The molecule has 2 nitrogen and oxygen atoms in total. The minimum absolute atomic E-state index is 0.0973. The molecule has 0 N–H and O–H groups in total. The van der Waals surface area contributed by atoms with Gasteiger partial charge in [0.15, 0.2) is 0 Å². The lowest BCUT2D eigenvalue weighted by atomic mass is 10.2. The number of hydrogen-bond donors (Lipinski definition) is 0. The zero-order valence-corrected chi connectivity index (χ0v) is 12.3. The molecule has 0 heterocycles. The summed E-state index contributed by atoms with van der Waals surface area (Å²) in [4.78, 5) is 0. The molecule has 0 bridgehead atoms. The van der Waals surface area contributed by atoms with Crippen LogP contribution in [0.4, 0.5) is 4.39 Å². The van der Waals surface area contributed by atoms with Crippen molar-refractivity contribution < 1.29 is 13.9 Å². The normalized spacial score (nSPS) is 10.4. The van der Waals surface area contributed by atoms with Crippen LogP contribution in [0.5, 0.6) is 11.5 Å². The van der Waals surface area contributed by atoms with Crippen LogP contribution in [0.2, 0.25) is 5.02 Å². The number of rotatable bonds is 5. The average molecular weight is 315 g/mol. The first-order valence-corrected chi connectivity index (χ1v) is 6.85. The molecular weight excluding hydrogens is 302 g/mol. The molecule has 0 radical (unpaired) electrons. The fraction of sp³-hybridized carbons (Fsp3) is 0.200. The van der Waals surface area contributed by atoms with Crippen molar-refractivity contribution in [3.05, 3.63) is 58.4 Å². The first kappa shape index (κ1) is 14.9. The van der Waals surface area contributed by atoms with E-state index >= 15 is 0 Å². The first-order chi connectivity index (χ1) is 9.63. The smallest absolute Gasteiger partial charge is 0.131 e. The van der Waals surface area contributed by atoms with E-state index in [0.717, 1.165) is 5.56 Å². The highest BCUT2D eigenvalue weighted by Crippen LogP contribution is 2.27. The summed E-state index contributed by atoms with van der Waals surface area (Å²) < 4.78 is 24.4. The molecule has 20 heavy (non-hydrogen) atoms.